The smallest absolute Gasteiger partial charge is 0.416 e. The average molecular weight is 426 g/mol. The van der Waals surface area contributed by atoms with E-state index in [0.717, 1.165) is 30.5 Å². The Morgan fingerprint density at radius 1 is 1.17 bits per heavy atom. The molecule has 0 aliphatic rings. The molecule has 0 aliphatic heterocycles. The number of anilines is 1. The monoisotopic (exact) mass is 426 g/mol. The number of nitrogens with one attached hydrogen (secondary N) is 1. The van der Waals surface area contributed by atoms with Gasteiger partial charge in [0.2, 0.25) is 5.89 Å². The lowest BCUT2D eigenvalue weighted by Crippen LogP contribution is -2.48. The van der Waals surface area contributed by atoms with Crippen LogP contribution in [0.5, 0.6) is 5.75 Å². The van der Waals surface area contributed by atoms with Crippen molar-refractivity contribution < 1.29 is 42.6 Å². The van der Waals surface area contributed by atoms with Gasteiger partial charge < -0.3 is 14.3 Å². The maximum Gasteiger partial charge on any atom is 0.416 e. The van der Waals surface area contributed by atoms with Crippen LogP contribution in [0.4, 0.5) is 24.7 Å². The number of carbonyl (C=O) groups is 1. The van der Waals surface area contributed by atoms with Gasteiger partial charge in [0.25, 0.3) is 0 Å². The van der Waals surface area contributed by atoms with Gasteiger partial charge in [-0.05, 0) is 42.5 Å². The SMILES string of the molecule is COc1cc(C(=O)O)ccc1N[N+](O)(O)c1coc(-c2ccc(C(F)(F)F)cc2)n1. The van der Waals surface area contributed by atoms with Crippen LogP contribution in [0.25, 0.3) is 11.5 Å². The number of methoxy groups -OCH3 is 1. The normalized spacial score (nSPS) is 11.9. The Kier molecular flexibility index (Phi) is 5.39. The molecule has 0 saturated carbocycles. The van der Waals surface area contributed by atoms with Crippen molar-refractivity contribution in [2.45, 2.75) is 6.18 Å². The van der Waals surface area contributed by atoms with E-state index in [1.807, 2.05) is 0 Å². The predicted molar refractivity (Wildman–Crippen MR) is 95.9 cm³/mol. The van der Waals surface area contributed by atoms with Crippen LogP contribution in [0.2, 0.25) is 0 Å². The molecular weight excluding hydrogens is 411 g/mol. The number of nitrogens with zero attached hydrogens (tertiary/aromatic N) is 2. The number of quaternary nitrogens is 1. The molecule has 0 unspecified atom stereocenters. The summed E-state index contributed by atoms with van der Waals surface area (Å²) in [6.07, 6.45) is -3.61. The summed E-state index contributed by atoms with van der Waals surface area (Å²) < 4.78 is 48.2. The van der Waals surface area contributed by atoms with Gasteiger partial charge in [-0.3, -0.25) is 0 Å². The number of alkyl halides is 3. The van der Waals surface area contributed by atoms with Crippen LogP contribution in [-0.2, 0) is 6.18 Å². The molecular formula is C18H15F3N3O6+. The number of ether oxygens (including phenoxy) is 1. The number of aromatic carboxylic acids is 1. The van der Waals surface area contributed by atoms with Crippen molar-refractivity contribution >= 4 is 17.5 Å². The molecule has 0 amide bonds. The molecule has 0 bridgehead atoms. The molecule has 0 atom stereocenters. The van der Waals surface area contributed by atoms with E-state index in [9.17, 15) is 28.4 Å². The lowest BCUT2D eigenvalue weighted by molar-refractivity contribution is -0.274. The first-order valence-corrected chi connectivity index (χ1v) is 8.19. The maximum atomic E-state index is 12.7. The highest BCUT2D eigenvalue weighted by atomic mass is 19.4. The molecule has 0 spiro atoms. The van der Waals surface area contributed by atoms with E-state index < -0.39 is 28.4 Å². The van der Waals surface area contributed by atoms with Crippen LogP contribution in [0.3, 0.4) is 0 Å². The Morgan fingerprint density at radius 3 is 2.40 bits per heavy atom. The van der Waals surface area contributed by atoms with E-state index in [2.05, 4.69) is 10.4 Å². The molecule has 12 heteroatoms. The molecule has 4 N–H and O–H groups in total. The van der Waals surface area contributed by atoms with Crippen LogP contribution < -0.4 is 15.1 Å². The quantitative estimate of drug-likeness (QED) is 0.342. The molecule has 30 heavy (non-hydrogen) atoms. The predicted octanol–water partition coefficient (Wildman–Crippen LogP) is 4.18. The molecule has 0 fully saturated rings. The Morgan fingerprint density at radius 2 is 1.83 bits per heavy atom. The summed E-state index contributed by atoms with van der Waals surface area (Å²) in [5.74, 6) is -1.80. The third kappa shape index (κ3) is 4.35. The first-order chi connectivity index (χ1) is 14.0. The highest BCUT2D eigenvalue weighted by Gasteiger charge is 2.34. The first kappa shape index (κ1) is 21.1. The molecule has 1 aromatic heterocycles. The number of carboxylic acids is 1. The topological polar surface area (TPSA) is 125 Å². The molecule has 3 rings (SSSR count). The van der Waals surface area contributed by atoms with Crippen LogP contribution >= 0.6 is 0 Å². The molecule has 9 nitrogen and oxygen atoms in total. The fraction of sp³-hybridized carbons (Fsp3) is 0.111. The summed E-state index contributed by atoms with van der Waals surface area (Å²) in [4.78, 5) is 12.9. The van der Waals surface area contributed by atoms with Crippen molar-refractivity contribution in [2.24, 2.45) is 0 Å². The van der Waals surface area contributed by atoms with Crippen LogP contribution in [-0.4, -0.2) is 33.6 Å². The van der Waals surface area contributed by atoms with E-state index in [4.69, 9.17) is 14.3 Å². The number of hydrogen-bond acceptors (Lipinski definition) is 7. The largest absolute Gasteiger partial charge is 0.494 e. The molecule has 0 aliphatic carbocycles. The second kappa shape index (κ2) is 7.67. The third-order valence-electron chi connectivity index (χ3n) is 4.00. The molecule has 0 saturated heterocycles. The second-order valence-corrected chi connectivity index (χ2v) is 6.02. The van der Waals surface area contributed by atoms with Crippen molar-refractivity contribution in [1.29, 1.82) is 0 Å². The van der Waals surface area contributed by atoms with Gasteiger partial charge in [-0.1, -0.05) is 0 Å². The van der Waals surface area contributed by atoms with E-state index in [0.29, 0.717) is 0 Å². The van der Waals surface area contributed by atoms with Crippen LogP contribution in [0.15, 0.2) is 53.1 Å². The lowest BCUT2D eigenvalue weighted by atomic mass is 10.1. The number of halogens is 3. The Hall–Kier alpha value is -3.61. The van der Waals surface area contributed by atoms with E-state index in [1.54, 1.807) is 0 Å². The van der Waals surface area contributed by atoms with Crippen molar-refractivity contribution in [2.75, 3.05) is 12.5 Å². The van der Waals surface area contributed by atoms with Gasteiger partial charge >= 0.3 is 18.0 Å². The molecule has 1 heterocycles. The maximum absolute atomic E-state index is 12.7. The van der Waals surface area contributed by atoms with Crippen LogP contribution in [0.1, 0.15) is 15.9 Å². The standard InChI is InChI=1S/C18H14F3N3O6/c1-29-14-8-11(17(25)26)4-7-13(14)23-24(27,28)15-9-30-16(22-15)10-2-5-12(6-3-10)18(19,20)21/h2-9,23,27-28H,1H3/p+1. The Bertz CT molecular complexity index is 1060. The molecule has 2 aromatic carbocycles. The fourth-order valence-electron chi connectivity index (χ4n) is 2.48. The summed E-state index contributed by atoms with van der Waals surface area (Å²) in [7, 11) is 1.26. The third-order valence-corrected chi connectivity index (χ3v) is 4.00. The Balaban J connectivity index is 1.84. The summed E-state index contributed by atoms with van der Waals surface area (Å²) in [5.41, 5.74) is 1.53. The zero-order valence-corrected chi connectivity index (χ0v) is 15.2. The molecule has 3 aromatic rings. The number of rotatable bonds is 6. The highest BCUT2D eigenvalue weighted by Crippen LogP contribution is 2.33. The number of hydrogen-bond donors (Lipinski definition) is 4. The van der Waals surface area contributed by atoms with Gasteiger partial charge in [-0.2, -0.15) is 18.6 Å². The van der Waals surface area contributed by atoms with E-state index in [1.165, 1.54) is 25.3 Å². The van der Waals surface area contributed by atoms with Crippen molar-refractivity contribution in [3.8, 4) is 17.2 Å². The van der Waals surface area contributed by atoms with Crippen LogP contribution in [0, 0.1) is 0 Å². The zero-order chi connectivity index (χ0) is 22.1. The Labute approximate surface area is 166 Å². The van der Waals surface area contributed by atoms with E-state index >= 15 is 0 Å². The summed E-state index contributed by atoms with van der Waals surface area (Å²) in [5, 5.41) is 29.6. The van der Waals surface area contributed by atoms with Gasteiger partial charge in [0, 0.05) is 5.56 Å². The summed E-state index contributed by atoms with van der Waals surface area (Å²) in [6, 6.07) is 7.56. The van der Waals surface area contributed by atoms with Gasteiger partial charge in [0.1, 0.15) is 16.4 Å². The summed E-state index contributed by atoms with van der Waals surface area (Å²) in [6.45, 7) is 0. The van der Waals surface area contributed by atoms with E-state index in [-0.39, 0.29) is 28.5 Å². The number of aromatic nitrogens is 1. The van der Waals surface area contributed by atoms with Crippen molar-refractivity contribution in [1.82, 2.24) is 9.90 Å². The molecule has 0 radical (unpaired) electrons. The fourth-order valence-corrected chi connectivity index (χ4v) is 2.48. The lowest BCUT2D eigenvalue weighted by Gasteiger charge is -2.19. The average Bonchev–Trinajstić information content (AvgIpc) is 3.18. The van der Waals surface area contributed by atoms with Crippen molar-refractivity contribution in [3.05, 3.63) is 59.9 Å². The van der Waals surface area contributed by atoms with Gasteiger partial charge in [-0.15, -0.1) is 15.4 Å². The minimum atomic E-state index is -4.50. The van der Waals surface area contributed by atoms with Gasteiger partial charge in [0.05, 0.1) is 18.2 Å². The highest BCUT2D eigenvalue weighted by molar-refractivity contribution is 5.89. The summed E-state index contributed by atoms with van der Waals surface area (Å²) >= 11 is 0. The molecule has 158 valence electrons. The van der Waals surface area contributed by atoms with Gasteiger partial charge in [-0.25, -0.2) is 4.79 Å². The van der Waals surface area contributed by atoms with Crippen molar-refractivity contribution in [3.63, 3.8) is 0 Å². The number of oxazole rings is 1. The first-order valence-electron chi connectivity index (χ1n) is 8.19. The number of carboxylic acid groups (broad SMARTS) is 1. The second-order valence-electron chi connectivity index (χ2n) is 6.02. The number of benzene rings is 2. The van der Waals surface area contributed by atoms with Gasteiger partial charge in [0.15, 0.2) is 6.26 Å². The minimum Gasteiger partial charge on any atom is -0.494 e. The zero-order valence-electron chi connectivity index (χ0n) is 15.2. The minimum absolute atomic E-state index is 0.00644.